The molecule has 1 aromatic carbocycles. The molecule has 1 aromatic rings. The zero-order valence-electron chi connectivity index (χ0n) is 10.6. The third-order valence-electron chi connectivity index (χ3n) is 2.66. The van der Waals surface area contributed by atoms with Crippen LogP contribution in [-0.4, -0.2) is 17.6 Å². The zero-order valence-corrected chi connectivity index (χ0v) is 10.6. The third kappa shape index (κ3) is 3.75. The molecule has 1 atom stereocenters. The van der Waals surface area contributed by atoms with Gasteiger partial charge in [-0.1, -0.05) is 13.0 Å². The van der Waals surface area contributed by atoms with Crippen LogP contribution in [0.25, 0.3) is 0 Å². The minimum absolute atomic E-state index is 0.122. The van der Waals surface area contributed by atoms with E-state index in [2.05, 4.69) is 5.32 Å². The Labute approximate surface area is 102 Å². The quantitative estimate of drug-likeness (QED) is 0.699. The summed E-state index contributed by atoms with van der Waals surface area (Å²) in [5.41, 5.74) is 7.69. The predicted molar refractivity (Wildman–Crippen MR) is 69.0 cm³/mol. The number of aromatic hydroxyl groups is 1. The Bertz CT molecular complexity index is 416. The van der Waals surface area contributed by atoms with E-state index >= 15 is 0 Å². The summed E-state index contributed by atoms with van der Waals surface area (Å²) >= 11 is 0. The monoisotopic (exact) mass is 236 g/mol. The van der Waals surface area contributed by atoms with Gasteiger partial charge in [0.25, 0.3) is 0 Å². The molecular formula is C13H20N2O2. The molecule has 4 N–H and O–H groups in total. The molecule has 17 heavy (non-hydrogen) atoms. The van der Waals surface area contributed by atoms with Crippen molar-refractivity contribution in [2.45, 2.75) is 27.2 Å². The molecule has 0 saturated heterocycles. The molecule has 0 aliphatic rings. The van der Waals surface area contributed by atoms with Crippen LogP contribution in [0.2, 0.25) is 0 Å². The summed E-state index contributed by atoms with van der Waals surface area (Å²) in [6, 6.07) is 3.63. The van der Waals surface area contributed by atoms with Crippen LogP contribution >= 0.6 is 0 Å². The number of benzene rings is 1. The summed E-state index contributed by atoms with van der Waals surface area (Å²) in [6.45, 7) is 6.12. The molecule has 1 rings (SSSR count). The summed E-state index contributed by atoms with van der Waals surface area (Å²) < 4.78 is 0. The molecule has 0 heterocycles. The van der Waals surface area contributed by atoms with Crippen molar-refractivity contribution >= 4 is 11.6 Å². The topological polar surface area (TPSA) is 75.3 Å². The summed E-state index contributed by atoms with van der Waals surface area (Å²) in [5.74, 6) is 0.149. The molecule has 1 amide bonds. The van der Waals surface area contributed by atoms with E-state index in [0.29, 0.717) is 18.7 Å². The molecule has 4 heteroatoms. The van der Waals surface area contributed by atoms with Crippen molar-refractivity contribution in [2.75, 3.05) is 11.9 Å². The van der Waals surface area contributed by atoms with Gasteiger partial charge in [0, 0.05) is 6.42 Å². The van der Waals surface area contributed by atoms with Crippen LogP contribution in [0.15, 0.2) is 12.1 Å². The van der Waals surface area contributed by atoms with Gasteiger partial charge in [0.2, 0.25) is 5.91 Å². The number of nitrogens with one attached hydrogen (secondary N) is 1. The van der Waals surface area contributed by atoms with Gasteiger partial charge in [0.1, 0.15) is 5.75 Å². The molecule has 1 unspecified atom stereocenters. The maximum Gasteiger partial charge on any atom is 0.224 e. The molecule has 4 nitrogen and oxygen atoms in total. The second kappa shape index (κ2) is 5.68. The van der Waals surface area contributed by atoms with E-state index in [1.54, 1.807) is 13.0 Å². The van der Waals surface area contributed by atoms with Crippen molar-refractivity contribution in [1.82, 2.24) is 0 Å². The number of amides is 1. The highest BCUT2D eigenvalue weighted by atomic mass is 16.3. The number of nitrogens with two attached hydrogens (primary N) is 1. The second-order valence-electron chi connectivity index (χ2n) is 4.57. The first kappa shape index (κ1) is 13.5. The van der Waals surface area contributed by atoms with Gasteiger partial charge in [-0.3, -0.25) is 4.79 Å². The third-order valence-corrected chi connectivity index (χ3v) is 2.66. The van der Waals surface area contributed by atoms with E-state index in [9.17, 15) is 9.90 Å². The van der Waals surface area contributed by atoms with Gasteiger partial charge in [-0.25, -0.2) is 0 Å². The lowest BCUT2D eigenvalue weighted by Crippen LogP contribution is -2.20. The molecule has 0 spiro atoms. The molecular weight excluding hydrogens is 216 g/mol. The van der Waals surface area contributed by atoms with Crippen molar-refractivity contribution in [3.05, 3.63) is 23.3 Å². The lowest BCUT2D eigenvalue weighted by Gasteiger charge is -2.12. The first-order valence-electron chi connectivity index (χ1n) is 5.74. The fourth-order valence-electron chi connectivity index (χ4n) is 1.66. The summed E-state index contributed by atoms with van der Waals surface area (Å²) in [5, 5.41) is 12.5. The predicted octanol–water partition coefficient (Wildman–Crippen LogP) is 1.93. The SMILES string of the molecule is Cc1cc(C)c(O)c(NC(=O)CC(C)CN)c1. The number of anilines is 1. The maximum absolute atomic E-state index is 11.7. The van der Waals surface area contributed by atoms with Crippen molar-refractivity contribution in [3.8, 4) is 5.75 Å². The Morgan fingerprint density at radius 3 is 2.71 bits per heavy atom. The van der Waals surface area contributed by atoms with Crippen LogP contribution in [-0.2, 0) is 4.79 Å². The average molecular weight is 236 g/mol. The Balaban J connectivity index is 2.78. The van der Waals surface area contributed by atoms with Gasteiger partial charge in [-0.15, -0.1) is 0 Å². The molecule has 0 aliphatic carbocycles. The summed E-state index contributed by atoms with van der Waals surface area (Å²) in [7, 11) is 0. The number of rotatable bonds is 4. The Morgan fingerprint density at radius 2 is 2.12 bits per heavy atom. The first-order valence-corrected chi connectivity index (χ1v) is 5.74. The average Bonchev–Trinajstić information content (AvgIpc) is 2.24. The summed E-state index contributed by atoms with van der Waals surface area (Å²) in [6.07, 6.45) is 0.364. The number of phenolic OH excluding ortho intramolecular Hbond substituents is 1. The van der Waals surface area contributed by atoms with Crippen LogP contribution in [0.5, 0.6) is 5.75 Å². The van der Waals surface area contributed by atoms with Gasteiger partial charge in [-0.05, 0) is 43.5 Å². The maximum atomic E-state index is 11.7. The Kier molecular flexibility index (Phi) is 4.52. The van der Waals surface area contributed by atoms with E-state index in [1.165, 1.54) is 0 Å². The van der Waals surface area contributed by atoms with Gasteiger partial charge in [-0.2, -0.15) is 0 Å². The fourth-order valence-corrected chi connectivity index (χ4v) is 1.66. The fraction of sp³-hybridized carbons (Fsp3) is 0.462. The molecule has 0 aromatic heterocycles. The lowest BCUT2D eigenvalue weighted by atomic mass is 10.1. The molecule has 0 saturated carbocycles. The minimum Gasteiger partial charge on any atom is -0.505 e. The van der Waals surface area contributed by atoms with Gasteiger partial charge >= 0.3 is 0 Å². The van der Waals surface area contributed by atoms with Crippen molar-refractivity contribution in [3.63, 3.8) is 0 Å². The molecule has 94 valence electrons. The molecule has 0 fully saturated rings. The first-order chi connectivity index (χ1) is 7.93. The van der Waals surface area contributed by atoms with Crippen molar-refractivity contribution < 1.29 is 9.90 Å². The number of carbonyl (C=O) groups is 1. The Morgan fingerprint density at radius 1 is 1.47 bits per heavy atom. The smallest absolute Gasteiger partial charge is 0.224 e. The van der Waals surface area contributed by atoms with Crippen molar-refractivity contribution in [2.24, 2.45) is 11.7 Å². The summed E-state index contributed by atoms with van der Waals surface area (Å²) in [4.78, 5) is 11.7. The van der Waals surface area contributed by atoms with E-state index in [0.717, 1.165) is 11.1 Å². The number of carbonyl (C=O) groups excluding carboxylic acids is 1. The number of phenols is 1. The normalized spacial score (nSPS) is 12.2. The molecule has 0 radical (unpaired) electrons. The van der Waals surface area contributed by atoms with Crippen LogP contribution in [0, 0.1) is 19.8 Å². The van der Waals surface area contributed by atoms with Gasteiger partial charge < -0.3 is 16.2 Å². The van der Waals surface area contributed by atoms with Crippen LogP contribution in [0.1, 0.15) is 24.5 Å². The van der Waals surface area contributed by atoms with E-state index in [4.69, 9.17) is 5.73 Å². The van der Waals surface area contributed by atoms with Crippen molar-refractivity contribution in [1.29, 1.82) is 0 Å². The number of aryl methyl sites for hydroxylation is 2. The number of hydrogen-bond donors (Lipinski definition) is 3. The highest BCUT2D eigenvalue weighted by molar-refractivity contribution is 5.92. The highest BCUT2D eigenvalue weighted by Crippen LogP contribution is 2.28. The number of hydrogen-bond acceptors (Lipinski definition) is 3. The highest BCUT2D eigenvalue weighted by Gasteiger charge is 2.11. The largest absolute Gasteiger partial charge is 0.505 e. The van der Waals surface area contributed by atoms with Crippen LogP contribution < -0.4 is 11.1 Å². The lowest BCUT2D eigenvalue weighted by molar-refractivity contribution is -0.116. The Hall–Kier alpha value is -1.55. The van der Waals surface area contributed by atoms with E-state index in [-0.39, 0.29) is 17.6 Å². The van der Waals surface area contributed by atoms with Crippen LogP contribution in [0.3, 0.4) is 0 Å². The van der Waals surface area contributed by atoms with Gasteiger partial charge in [0.05, 0.1) is 5.69 Å². The zero-order chi connectivity index (χ0) is 13.0. The van der Waals surface area contributed by atoms with E-state index in [1.807, 2.05) is 19.9 Å². The molecule has 0 aliphatic heterocycles. The van der Waals surface area contributed by atoms with Crippen LogP contribution in [0.4, 0.5) is 5.69 Å². The standard InChI is InChI=1S/C13H20N2O2/c1-8-4-10(3)13(17)11(5-8)15-12(16)6-9(2)7-14/h4-5,9,17H,6-7,14H2,1-3H3,(H,15,16). The minimum atomic E-state index is -0.122. The van der Waals surface area contributed by atoms with Gasteiger partial charge in [0.15, 0.2) is 0 Å². The second-order valence-corrected chi connectivity index (χ2v) is 4.57. The van der Waals surface area contributed by atoms with E-state index < -0.39 is 0 Å². The molecule has 0 bridgehead atoms.